The van der Waals surface area contributed by atoms with Gasteiger partial charge in [0.2, 0.25) is 5.91 Å². The SMILES string of the molecule is CCOc1ccc(-n2c(SCC(=O)NCC3CCCCC3)nc3ccccc32)cc1. The molecule has 1 heterocycles. The first kappa shape index (κ1) is 20.8. The zero-order chi connectivity index (χ0) is 20.8. The lowest BCUT2D eigenvalue weighted by atomic mass is 9.89. The topological polar surface area (TPSA) is 56.1 Å². The van der Waals surface area contributed by atoms with Crippen molar-refractivity contribution < 1.29 is 9.53 Å². The van der Waals surface area contributed by atoms with Gasteiger partial charge in [0.15, 0.2) is 5.16 Å². The largest absolute Gasteiger partial charge is 0.494 e. The number of carbonyl (C=O) groups is 1. The van der Waals surface area contributed by atoms with Crippen molar-refractivity contribution in [2.45, 2.75) is 44.2 Å². The third-order valence-corrected chi connectivity index (χ3v) is 6.52. The fourth-order valence-electron chi connectivity index (χ4n) is 4.04. The Labute approximate surface area is 182 Å². The predicted molar refractivity (Wildman–Crippen MR) is 123 cm³/mol. The van der Waals surface area contributed by atoms with Crippen LogP contribution in [0.15, 0.2) is 53.7 Å². The molecular formula is C24H29N3O2S. The Morgan fingerprint density at radius 1 is 1.13 bits per heavy atom. The maximum absolute atomic E-state index is 12.5. The van der Waals surface area contributed by atoms with Crippen LogP contribution in [-0.4, -0.2) is 34.4 Å². The van der Waals surface area contributed by atoms with Gasteiger partial charge in [0.05, 0.1) is 23.4 Å². The van der Waals surface area contributed by atoms with Gasteiger partial charge in [0.25, 0.3) is 0 Å². The van der Waals surface area contributed by atoms with E-state index in [-0.39, 0.29) is 5.91 Å². The molecule has 4 rings (SSSR count). The average molecular weight is 424 g/mol. The molecule has 1 aliphatic rings. The molecular weight excluding hydrogens is 394 g/mol. The van der Waals surface area contributed by atoms with E-state index >= 15 is 0 Å². The number of thioether (sulfide) groups is 1. The number of nitrogens with zero attached hydrogens (tertiary/aromatic N) is 2. The summed E-state index contributed by atoms with van der Waals surface area (Å²) >= 11 is 1.49. The van der Waals surface area contributed by atoms with E-state index in [9.17, 15) is 4.79 Å². The second kappa shape index (κ2) is 10.0. The van der Waals surface area contributed by atoms with Crippen LogP contribution in [0.5, 0.6) is 5.75 Å². The highest BCUT2D eigenvalue weighted by molar-refractivity contribution is 7.99. The van der Waals surface area contributed by atoms with Gasteiger partial charge in [-0.25, -0.2) is 4.98 Å². The molecule has 158 valence electrons. The summed E-state index contributed by atoms with van der Waals surface area (Å²) in [6.45, 7) is 3.42. The Kier molecular flexibility index (Phi) is 6.95. The molecule has 1 aliphatic carbocycles. The van der Waals surface area contributed by atoms with Gasteiger partial charge in [-0.2, -0.15) is 0 Å². The van der Waals surface area contributed by atoms with Crippen LogP contribution in [0, 0.1) is 5.92 Å². The first-order valence-electron chi connectivity index (χ1n) is 10.8. The van der Waals surface area contributed by atoms with Crippen LogP contribution in [0.1, 0.15) is 39.0 Å². The molecule has 6 heteroatoms. The Morgan fingerprint density at radius 3 is 2.67 bits per heavy atom. The van der Waals surface area contributed by atoms with Crippen molar-refractivity contribution in [1.29, 1.82) is 0 Å². The molecule has 2 aromatic carbocycles. The van der Waals surface area contributed by atoms with Gasteiger partial charge in [-0.3, -0.25) is 9.36 Å². The quantitative estimate of drug-likeness (QED) is 0.505. The molecule has 0 aliphatic heterocycles. The standard InChI is InChI=1S/C24H29N3O2S/c1-2-29-20-14-12-19(13-15-20)27-22-11-7-6-10-21(22)26-24(27)30-17-23(28)25-16-18-8-4-3-5-9-18/h6-7,10-15,18H,2-5,8-9,16-17H2,1H3,(H,25,28). The second-order valence-electron chi connectivity index (χ2n) is 7.74. The number of carbonyl (C=O) groups excluding carboxylic acids is 1. The summed E-state index contributed by atoms with van der Waals surface area (Å²) in [5.74, 6) is 1.94. The van der Waals surface area contributed by atoms with E-state index in [1.165, 1.54) is 43.9 Å². The summed E-state index contributed by atoms with van der Waals surface area (Å²) < 4.78 is 7.68. The van der Waals surface area contributed by atoms with Gasteiger partial charge in [0.1, 0.15) is 5.75 Å². The summed E-state index contributed by atoms with van der Waals surface area (Å²) in [4.78, 5) is 17.2. The molecule has 30 heavy (non-hydrogen) atoms. The van der Waals surface area contributed by atoms with Crippen LogP contribution in [0.25, 0.3) is 16.7 Å². The van der Waals surface area contributed by atoms with E-state index in [2.05, 4.69) is 16.0 Å². The summed E-state index contributed by atoms with van der Waals surface area (Å²) in [6, 6.07) is 16.1. The van der Waals surface area contributed by atoms with Crippen molar-refractivity contribution >= 4 is 28.7 Å². The minimum atomic E-state index is 0.0795. The summed E-state index contributed by atoms with van der Waals surface area (Å²) in [7, 11) is 0. The minimum absolute atomic E-state index is 0.0795. The van der Waals surface area contributed by atoms with Crippen molar-refractivity contribution in [1.82, 2.24) is 14.9 Å². The molecule has 5 nitrogen and oxygen atoms in total. The van der Waals surface area contributed by atoms with Crippen molar-refractivity contribution in [3.05, 3.63) is 48.5 Å². The Morgan fingerprint density at radius 2 is 1.90 bits per heavy atom. The van der Waals surface area contributed by atoms with E-state index in [1.54, 1.807) is 0 Å². The number of fused-ring (bicyclic) bond motifs is 1. The van der Waals surface area contributed by atoms with Crippen LogP contribution < -0.4 is 10.1 Å². The van der Waals surface area contributed by atoms with Crippen LogP contribution >= 0.6 is 11.8 Å². The second-order valence-corrected chi connectivity index (χ2v) is 8.68. The number of benzene rings is 2. The van der Waals surface area contributed by atoms with Gasteiger partial charge in [-0.05, 0) is 62.1 Å². The van der Waals surface area contributed by atoms with Crippen molar-refractivity contribution in [2.24, 2.45) is 5.92 Å². The number of nitrogens with one attached hydrogen (secondary N) is 1. The van der Waals surface area contributed by atoms with E-state index in [0.29, 0.717) is 18.3 Å². The summed E-state index contributed by atoms with van der Waals surface area (Å²) in [5.41, 5.74) is 2.97. The number of hydrogen-bond donors (Lipinski definition) is 1. The van der Waals surface area contributed by atoms with Crippen LogP contribution in [-0.2, 0) is 4.79 Å². The van der Waals surface area contributed by atoms with E-state index in [4.69, 9.17) is 9.72 Å². The number of para-hydroxylation sites is 2. The highest BCUT2D eigenvalue weighted by atomic mass is 32.2. The molecule has 3 aromatic rings. The summed E-state index contributed by atoms with van der Waals surface area (Å²) in [5, 5.41) is 3.95. The lowest BCUT2D eigenvalue weighted by molar-refractivity contribution is -0.118. The van der Waals surface area contributed by atoms with Gasteiger partial charge in [-0.15, -0.1) is 0 Å². The monoisotopic (exact) mass is 423 g/mol. The third kappa shape index (κ3) is 4.98. The molecule has 1 aromatic heterocycles. The molecule has 0 spiro atoms. The minimum Gasteiger partial charge on any atom is -0.494 e. The maximum Gasteiger partial charge on any atom is 0.230 e. The number of amides is 1. The van der Waals surface area contributed by atoms with Crippen molar-refractivity contribution in [3.63, 3.8) is 0 Å². The number of imidazole rings is 1. The number of hydrogen-bond acceptors (Lipinski definition) is 4. The molecule has 0 radical (unpaired) electrons. The van der Waals surface area contributed by atoms with Gasteiger partial charge >= 0.3 is 0 Å². The zero-order valence-electron chi connectivity index (χ0n) is 17.5. The lowest BCUT2D eigenvalue weighted by Gasteiger charge is -2.21. The number of aromatic nitrogens is 2. The molecule has 1 amide bonds. The predicted octanol–water partition coefficient (Wildman–Crippen LogP) is 5.21. The Balaban J connectivity index is 1.48. The van der Waals surface area contributed by atoms with Gasteiger partial charge < -0.3 is 10.1 Å². The Hall–Kier alpha value is -2.47. The van der Waals surface area contributed by atoms with E-state index in [1.807, 2.05) is 49.4 Å². The molecule has 0 atom stereocenters. The van der Waals surface area contributed by atoms with Gasteiger partial charge in [0, 0.05) is 12.2 Å². The molecule has 0 saturated heterocycles. The highest BCUT2D eigenvalue weighted by Gasteiger charge is 2.17. The number of rotatable bonds is 8. The van der Waals surface area contributed by atoms with Crippen molar-refractivity contribution in [2.75, 3.05) is 18.9 Å². The van der Waals surface area contributed by atoms with E-state index < -0.39 is 0 Å². The van der Waals surface area contributed by atoms with Crippen molar-refractivity contribution in [3.8, 4) is 11.4 Å². The fraction of sp³-hybridized carbons (Fsp3) is 0.417. The number of ether oxygens (including phenoxy) is 1. The first-order chi connectivity index (χ1) is 14.7. The molecule has 1 fully saturated rings. The summed E-state index contributed by atoms with van der Waals surface area (Å²) in [6.07, 6.45) is 6.40. The van der Waals surface area contributed by atoms with E-state index in [0.717, 1.165) is 34.2 Å². The molecule has 0 unspecified atom stereocenters. The van der Waals surface area contributed by atoms with Crippen LogP contribution in [0.3, 0.4) is 0 Å². The fourth-order valence-corrected chi connectivity index (χ4v) is 4.90. The maximum atomic E-state index is 12.5. The normalized spacial score (nSPS) is 14.7. The lowest BCUT2D eigenvalue weighted by Crippen LogP contribution is -2.31. The average Bonchev–Trinajstić information content (AvgIpc) is 3.16. The first-order valence-corrected chi connectivity index (χ1v) is 11.8. The van der Waals surface area contributed by atoms with Gasteiger partial charge in [-0.1, -0.05) is 43.2 Å². The zero-order valence-corrected chi connectivity index (χ0v) is 18.3. The van der Waals surface area contributed by atoms with Crippen LogP contribution in [0.2, 0.25) is 0 Å². The smallest absolute Gasteiger partial charge is 0.230 e. The molecule has 1 N–H and O–H groups in total. The van der Waals surface area contributed by atoms with Crippen LogP contribution in [0.4, 0.5) is 0 Å². The highest BCUT2D eigenvalue weighted by Crippen LogP contribution is 2.29. The molecule has 1 saturated carbocycles. The Bertz CT molecular complexity index is 978. The molecule has 0 bridgehead atoms. The third-order valence-electron chi connectivity index (χ3n) is 5.58.